The minimum Gasteiger partial charge on any atom is -0.340 e. The summed E-state index contributed by atoms with van der Waals surface area (Å²) in [6.45, 7) is 10.6. The van der Waals surface area contributed by atoms with E-state index >= 15 is 0 Å². The van der Waals surface area contributed by atoms with Crippen molar-refractivity contribution in [3.63, 3.8) is 0 Å². The summed E-state index contributed by atoms with van der Waals surface area (Å²) >= 11 is 6.32. The van der Waals surface area contributed by atoms with Gasteiger partial charge in [0.1, 0.15) is 5.82 Å². The number of hydrogen-bond donors (Lipinski definition) is 1. The highest BCUT2D eigenvalue weighted by atomic mass is 35.5. The van der Waals surface area contributed by atoms with Crippen molar-refractivity contribution in [3.8, 4) is 11.1 Å². The number of aryl methyl sites for hydroxylation is 2. The quantitative estimate of drug-likeness (QED) is 0.412. The van der Waals surface area contributed by atoms with Crippen molar-refractivity contribution >= 4 is 28.8 Å². The van der Waals surface area contributed by atoms with Gasteiger partial charge in [-0.15, -0.1) is 0 Å². The lowest BCUT2D eigenvalue weighted by Crippen LogP contribution is -2.16. The predicted octanol–water partition coefficient (Wildman–Crippen LogP) is 6.71. The molecule has 0 spiro atoms. The van der Waals surface area contributed by atoms with Crippen molar-refractivity contribution in [2.24, 2.45) is 0 Å². The zero-order valence-electron chi connectivity index (χ0n) is 17.4. The van der Waals surface area contributed by atoms with Gasteiger partial charge in [0.15, 0.2) is 5.65 Å². The summed E-state index contributed by atoms with van der Waals surface area (Å²) in [6.07, 6.45) is 1.88. The number of nitrogens with one attached hydrogen (secondary N) is 1. The van der Waals surface area contributed by atoms with Crippen LogP contribution < -0.4 is 5.32 Å². The predicted molar refractivity (Wildman–Crippen MR) is 121 cm³/mol. The number of aromatic nitrogens is 3. The second kappa shape index (κ2) is 7.20. The third-order valence-electron chi connectivity index (χ3n) is 5.05. The zero-order valence-corrected chi connectivity index (χ0v) is 18.2. The lowest BCUT2D eigenvalue weighted by atomic mass is 9.92. The van der Waals surface area contributed by atoms with Crippen LogP contribution >= 0.6 is 11.6 Å². The maximum absolute atomic E-state index is 6.32. The molecule has 5 heteroatoms. The molecule has 0 saturated heterocycles. The van der Waals surface area contributed by atoms with Crippen molar-refractivity contribution < 1.29 is 0 Å². The van der Waals surface area contributed by atoms with Gasteiger partial charge in [-0.25, -0.2) is 4.98 Å². The third kappa shape index (κ3) is 3.85. The molecule has 0 atom stereocenters. The van der Waals surface area contributed by atoms with Gasteiger partial charge in [0.2, 0.25) is 0 Å². The molecule has 0 aliphatic carbocycles. The summed E-state index contributed by atoms with van der Waals surface area (Å²) in [5.41, 5.74) is 7.05. The first-order valence-electron chi connectivity index (χ1n) is 9.72. The standard InChI is InChI=1S/C24H25ClN4/c1-15-6-9-17(10-7-15)19-14-26-29-22(13-21(24(3,4)5)28-23(19)29)27-18-11-8-16(2)20(25)12-18/h6-14,27H,1-5H3. The molecule has 2 aromatic heterocycles. The number of fused-ring (bicyclic) bond motifs is 1. The summed E-state index contributed by atoms with van der Waals surface area (Å²) in [4.78, 5) is 4.97. The van der Waals surface area contributed by atoms with Gasteiger partial charge in [-0.2, -0.15) is 9.61 Å². The molecular formula is C24H25ClN4. The van der Waals surface area contributed by atoms with Gasteiger partial charge in [-0.1, -0.05) is 68.3 Å². The average Bonchev–Trinajstić information content (AvgIpc) is 3.09. The molecular weight excluding hydrogens is 380 g/mol. The van der Waals surface area contributed by atoms with Crippen LogP contribution in [-0.4, -0.2) is 14.6 Å². The van der Waals surface area contributed by atoms with Gasteiger partial charge in [0.25, 0.3) is 0 Å². The summed E-state index contributed by atoms with van der Waals surface area (Å²) in [6, 6.07) is 16.5. The minimum absolute atomic E-state index is 0.0993. The first-order chi connectivity index (χ1) is 13.7. The van der Waals surface area contributed by atoms with Crippen molar-refractivity contribution in [1.29, 1.82) is 0 Å². The molecule has 0 fully saturated rings. The molecule has 148 valence electrons. The van der Waals surface area contributed by atoms with Crippen LogP contribution in [0.1, 0.15) is 37.6 Å². The molecule has 0 aliphatic rings. The smallest absolute Gasteiger partial charge is 0.165 e. The fourth-order valence-electron chi connectivity index (χ4n) is 3.19. The highest BCUT2D eigenvalue weighted by Crippen LogP contribution is 2.31. The van der Waals surface area contributed by atoms with Crippen LogP contribution in [0.5, 0.6) is 0 Å². The molecule has 0 bridgehead atoms. The molecule has 4 rings (SSSR count). The van der Waals surface area contributed by atoms with E-state index in [0.717, 1.165) is 44.6 Å². The minimum atomic E-state index is -0.0993. The Labute approximate surface area is 176 Å². The molecule has 0 unspecified atom stereocenters. The van der Waals surface area contributed by atoms with Crippen molar-refractivity contribution in [3.05, 3.63) is 76.6 Å². The van der Waals surface area contributed by atoms with Crippen LogP contribution in [-0.2, 0) is 5.41 Å². The van der Waals surface area contributed by atoms with E-state index in [-0.39, 0.29) is 5.41 Å². The Morgan fingerprint density at radius 3 is 2.34 bits per heavy atom. The van der Waals surface area contributed by atoms with Crippen molar-refractivity contribution in [2.45, 2.75) is 40.0 Å². The average molecular weight is 405 g/mol. The Morgan fingerprint density at radius 1 is 0.966 bits per heavy atom. The van der Waals surface area contributed by atoms with E-state index in [9.17, 15) is 0 Å². The molecule has 1 N–H and O–H groups in total. The molecule has 0 aliphatic heterocycles. The number of rotatable bonds is 3. The Balaban J connectivity index is 1.89. The van der Waals surface area contributed by atoms with Crippen LogP contribution in [0.2, 0.25) is 5.02 Å². The second-order valence-electron chi connectivity index (χ2n) is 8.53. The van der Waals surface area contributed by atoms with E-state index < -0.39 is 0 Å². The highest BCUT2D eigenvalue weighted by molar-refractivity contribution is 6.31. The van der Waals surface area contributed by atoms with Gasteiger partial charge in [-0.3, -0.25) is 0 Å². The normalized spacial score (nSPS) is 11.8. The van der Waals surface area contributed by atoms with E-state index in [4.69, 9.17) is 16.6 Å². The fourth-order valence-corrected chi connectivity index (χ4v) is 3.37. The Kier molecular flexibility index (Phi) is 4.83. The molecule has 0 radical (unpaired) electrons. The summed E-state index contributed by atoms with van der Waals surface area (Å²) in [5, 5.41) is 8.85. The van der Waals surface area contributed by atoms with Gasteiger partial charge >= 0.3 is 0 Å². The molecule has 0 amide bonds. The number of benzene rings is 2. The van der Waals surface area contributed by atoms with Crippen LogP contribution in [0.15, 0.2) is 54.7 Å². The number of anilines is 2. The largest absolute Gasteiger partial charge is 0.340 e. The Morgan fingerprint density at radius 2 is 1.69 bits per heavy atom. The topological polar surface area (TPSA) is 42.2 Å². The molecule has 0 saturated carbocycles. The maximum atomic E-state index is 6.32. The van der Waals surface area contributed by atoms with E-state index in [1.807, 2.05) is 35.8 Å². The third-order valence-corrected chi connectivity index (χ3v) is 5.45. The fraction of sp³-hybridized carbons (Fsp3) is 0.250. The molecule has 2 heterocycles. The number of nitrogens with zero attached hydrogens (tertiary/aromatic N) is 3. The lowest BCUT2D eigenvalue weighted by molar-refractivity contribution is 0.569. The first kappa shape index (κ1) is 19.5. The summed E-state index contributed by atoms with van der Waals surface area (Å²) < 4.78 is 1.86. The van der Waals surface area contributed by atoms with Crippen molar-refractivity contribution in [1.82, 2.24) is 14.6 Å². The van der Waals surface area contributed by atoms with Crippen LogP contribution in [0, 0.1) is 13.8 Å². The molecule has 29 heavy (non-hydrogen) atoms. The van der Waals surface area contributed by atoms with Crippen molar-refractivity contribution in [2.75, 3.05) is 5.32 Å². The van der Waals surface area contributed by atoms with E-state index in [2.05, 4.69) is 68.4 Å². The summed E-state index contributed by atoms with van der Waals surface area (Å²) in [7, 11) is 0. The van der Waals surface area contributed by atoms with E-state index in [0.29, 0.717) is 0 Å². The van der Waals surface area contributed by atoms with Gasteiger partial charge < -0.3 is 5.32 Å². The van der Waals surface area contributed by atoms with Gasteiger partial charge in [-0.05, 0) is 37.1 Å². The van der Waals surface area contributed by atoms with Crippen LogP contribution in [0.4, 0.5) is 11.5 Å². The maximum Gasteiger partial charge on any atom is 0.165 e. The molecule has 2 aromatic carbocycles. The first-order valence-corrected chi connectivity index (χ1v) is 10.1. The highest BCUT2D eigenvalue weighted by Gasteiger charge is 2.21. The SMILES string of the molecule is Cc1ccc(-c2cnn3c(Nc4ccc(C)c(Cl)c4)cc(C(C)(C)C)nc23)cc1. The van der Waals surface area contributed by atoms with Crippen LogP contribution in [0.3, 0.4) is 0 Å². The zero-order chi connectivity index (χ0) is 20.8. The summed E-state index contributed by atoms with van der Waals surface area (Å²) in [5.74, 6) is 0.859. The number of halogens is 1. The van der Waals surface area contributed by atoms with Gasteiger partial charge in [0.05, 0.1) is 11.9 Å². The second-order valence-corrected chi connectivity index (χ2v) is 8.93. The monoisotopic (exact) mass is 404 g/mol. The molecule has 4 nitrogen and oxygen atoms in total. The van der Waals surface area contributed by atoms with E-state index in [1.54, 1.807) is 0 Å². The Bertz CT molecular complexity index is 1180. The molecule has 4 aromatic rings. The van der Waals surface area contributed by atoms with E-state index in [1.165, 1.54) is 5.56 Å². The van der Waals surface area contributed by atoms with Crippen LogP contribution in [0.25, 0.3) is 16.8 Å². The van der Waals surface area contributed by atoms with Gasteiger partial charge in [0, 0.05) is 27.8 Å². The Hall–Kier alpha value is -2.85. The lowest BCUT2D eigenvalue weighted by Gasteiger charge is -2.20. The number of hydrogen-bond acceptors (Lipinski definition) is 3.